The van der Waals surface area contributed by atoms with Gasteiger partial charge in [-0.3, -0.25) is 9.78 Å². The minimum absolute atomic E-state index is 0.151. The van der Waals surface area contributed by atoms with E-state index in [0.717, 1.165) is 0 Å². The molecule has 1 amide bonds. The number of aromatic nitrogens is 1. The first-order valence-corrected chi connectivity index (χ1v) is 5.29. The number of carbonyl (C=O) groups excluding carboxylic acids is 1. The Kier molecular flexibility index (Phi) is 3.43. The molecule has 0 unspecified atom stereocenters. The minimum atomic E-state index is -0.417. The van der Waals surface area contributed by atoms with Crippen molar-refractivity contribution < 1.29 is 14.6 Å². The average molecular weight is 244 g/mol. The molecule has 2 N–H and O–H groups in total. The second-order valence-electron chi connectivity index (χ2n) is 3.55. The van der Waals surface area contributed by atoms with Crippen molar-refractivity contribution in [3.8, 4) is 11.5 Å². The van der Waals surface area contributed by atoms with E-state index in [1.807, 2.05) is 0 Å². The number of phenolic OH excluding ortho intramolecular Hbond substituents is 1. The number of carbonyl (C=O) groups is 1. The number of methoxy groups -OCH3 is 1. The molecule has 2 aromatic rings. The van der Waals surface area contributed by atoms with Gasteiger partial charge >= 0.3 is 0 Å². The monoisotopic (exact) mass is 244 g/mol. The van der Waals surface area contributed by atoms with Crippen LogP contribution in [0.3, 0.4) is 0 Å². The maximum Gasteiger partial charge on any atom is 0.259 e. The summed E-state index contributed by atoms with van der Waals surface area (Å²) in [5.41, 5.74) is 0.711. The number of phenols is 1. The largest absolute Gasteiger partial charge is 0.504 e. The average Bonchev–Trinajstić information content (AvgIpc) is 2.40. The fourth-order valence-corrected chi connectivity index (χ4v) is 1.51. The maximum absolute atomic E-state index is 11.9. The molecule has 0 radical (unpaired) electrons. The Morgan fingerprint density at radius 2 is 2.17 bits per heavy atom. The number of nitrogens with zero attached hydrogens (tertiary/aromatic N) is 1. The van der Waals surface area contributed by atoms with Crippen LogP contribution in [0.2, 0.25) is 0 Å². The van der Waals surface area contributed by atoms with E-state index in [1.54, 1.807) is 30.5 Å². The van der Waals surface area contributed by atoms with Crippen LogP contribution in [0.15, 0.2) is 42.7 Å². The Bertz CT molecular complexity index is 555. The van der Waals surface area contributed by atoms with Crippen LogP contribution in [-0.4, -0.2) is 23.1 Å². The van der Waals surface area contributed by atoms with Gasteiger partial charge in [0.05, 0.1) is 24.6 Å². The molecule has 5 nitrogen and oxygen atoms in total. The smallest absolute Gasteiger partial charge is 0.259 e. The quantitative estimate of drug-likeness (QED) is 0.866. The van der Waals surface area contributed by atoms with E-state index in [4.69, 9.17) is 4.74 Å². The summed E-state index contributed by atoms with van der Waals surface area (Å²) in [5, 5.41) is 12.5. The van der Waals surface area contributed by atoms with Crippen LogP contribution in [0.4, 0.5) is 5.69 Å². The molecule has 1 heterocycles. The van der Waals surface area contributed by atoms with Crippen LogP contribution in [0, 0.1) is 0 Å². The van der Waals surface area contributed by atoms with Gasteiger partial charge in [0, 0.05) is 6.20 Å². The topological polar surface area (TPSA) is 71.5 Å². The van der Waals surface area contributed by atoms with E-state index in [-0.39, 0.29) is 17.1 Å². The normalized spacial score (nSPS) is 9.83. The number of anilines is 1. The van der Waals surface area contributed by atoms with Crippen LogP contribution >= 0.6 is 0 Å². The van der Waals surface area contributed by atoms with E-state index in [1.165, 1.54) is 19.4 Å². The highest BCUT2D eigenvalue weighted by Crippen LogP contribution is 2.29. The van der Waals surface area contributed by atoms with Gasteiger partial charge in [-0.15, -0.1) is 0 Å². The summed E-state index contributed by atoms with van der Waals surface area (Å²) in [6.45, 7) is 0. The van der Waals surface area contributed by atoms with Gasteiger partial charge in [0.25, 0.3) is 5.91 Å². The van der Waals surface area contributed by atoms with Crippen LogP contribution in [0.5, 0.6) is 11.5 Å². The van der Waals surface area contributed by atoms with Crippen molar-refractivity contribution in [3.05, 3.63) is 48.3 Å². The second kappa shape index (κ2) is 5.18. The third kappa shape index (κ3) is 2.40. The molecule has 0 bridgehead atoms. The molecular weight excluding hydrogens is 232 g/mol. The van der Waals surface area contributed by atoms with Gasteiger partial charge in [0.2, 0.25) is 0 Å². The van der Waals surface area contributed by atoms with Crippen molar-refractivity contribution in [3.63, 3.8) is 0 Å². The fraction of sp³-hybridized carbons (Fsp3) is 0.0769. The first kappa shape index (κ1) is 11.9. The molecule has 0 aliphatic heterocycles. The van der Waals surface area contributed by atoms with Gasteiger partial charge in [0.1, 0.15) is 0 Å². The van der Waals surface area contributed by atoms with Gasteiger partial charge in [-0.2, -0.15) is 0 Å². The van der Waals surface area contributed by atoms with Crippen LogP contribution in [0.1, 0.15) is 10.4 Å². The predicted octanol–water partition coefficient (Wildman–Crippen LogP) is 2.05. The zero-order valence-corrected chi connectivity index (χ0v) is 9.75. The molecule has 5 heteroatoms. The van der Waals surface area contributed by atoms with Crippen LogP contribution in [-0.2, 0) is 0 Å². The van der Waals surface area contributed by atoms with Crippen molar-refractivity contribution in [2.24, 2.45) is 0 Å². The number of para-hydroxylation sites is 1. The molecule has 1 aromatic carbocycles. The lowest BCUT2D eigenvalue weighted by molar-refractivity contribution is 0.102. The maximum atomic E-state index is 11.9. The number of nitrogens with one attached hydrogen (secondary N) is 1. The number of ether oxygens (including phenoxy) is 1. The van der Waals surface area contributed by atoms with E-state index < -0.39 is 5.91 Å². The summed E-state index contributed by atoms with van der Waals surface area (Å²) in [6, 6.07) is 8.15. The number of amides is 1. The summed E-state index contributed by atoms with van der Waals surface area (Å²) in [4.78, 5) is 15.8. The molecule has 0 saturated carbocycles. The number of hydrogen-bond acceptors (Lipinski definition) is 4. The Hall–Kier alpha value is -2.56. The number of benzene rings is 1. The van der Waals surface area contributed by atoms with Crippen molar-refractivity contribution in [1.29, 1.82) is 0 Å². The van der Waals surface area contributed by atoms with Crippen molar-refractivity contribution in [2.75, 3.05) is 12.4 Å². The number of pyridine rings is 1. The summed E-state index contributed by atoms with van der Waals surface area (Å²) in [6.07, 6.45) is 3.13. The van der Waals surface area contributed by atoms with E-state index in [2.05, 4.69) is 10.3 Å². The standard InChI is InChI=1S/C13H12N2O3/c1-18-11-6-2-5-10(12(11)16)13(17)15-9-4-3-7-14-8-9/h2-8,16H,1H3,(H,15,17). The van der Waals surface area contributed by atoms with Crippen LogP contribution < -0.4 is 10.1 Å². The van der Waals surface area contributed by atoms with Crippen LogP contribution in [0.25, 0.3) is 0 Å². The molecular formula is C13H12N2O3. The molecule has 0 atom stereocenters. The Morgan fingerprint density at radius 3 is 2.83 bits per heavy atom. The molecule has 2 rings (SSSR count). The lowest BCUT2D eigenvalue weighted by atomic mass is 10.1. The van der Waals surface area contributed by atoms with Gasteiger partial charge in [-0.25, -0.2) is 0 Å². The number of rotatable bonds is 3. The Labute approximate surface area is 104 Å². The van der Waals surface area contributed by atoms with Gasteiger partial charge in [0.15, 0.2) is 11.5 Å². The van der Waals surface area contributed by atoms with E-state index >= 15 is 0 Å². The lowest BCUT2D eigenvalue weighted by Crippen LogP contribution is -2.12. The van der Waals surface area contributed by atoms with Crippen molar-refractivity contribution in [1.82, 2.24) is 4.98 Å². The highest BCUT2D eigenvalue weighted by Gasteiger charge is 2.14. The molecule has 0 fully saturated rings. The molecule has 92 valence electrons. The molecule has 0 aliphatic rings. The van der Waals surface area contributed by atoms with Crippen molar-refractivity contribution in [2.45, 2.75) is 0 Å². The zero-order chi connectivity index (χ0) is 13.0. The van der Waals surface area contributed by atoms with Gasteiger partial charge in [-0.05, 0) is 24.3 Å². The Morgan fingerprint density at radius 1 is 1.33 bits per heavy atom. The van der Waals surface area contributed by atoms with Gasteiger partial charge < -0.3 is 15.2 Å². The third-order valence-corrected chi connectivity index (χ3v) is 2.38. The highest BCUT2D eigenvalue weighted by atomic mass is 16.5. The predicted molar refractivity (Wildman–Crippen MR) is 66.8 cm³/mol. The van der Waals surface area contributed by atoms with Gasteiger partial charge in [-0.1, -0.05) is 6.07 Å². The Balaban J connectivity index is 2.24. The minimum Gasteiger partial charge on any atom is -0.504 e. The third-order valence-electron chi connectivity index (χ3n) is 2.38. The molecule has 0 saturated heterocycles. The van der Waals surface area contributed by atoms with Crippen molar-refractivity contribution >= 4 is 11.6 Å². The SMILES string of the molecule is COc1cccc(C(=O)Nc2cccnc2)c1O. The van der Waals surface area contributed by atoms with E-state index in [0.29, 0.717) is 5.69 Å². The summed E-state index contributed by atoms with van der Waals surface area (Å²) in [5.74, 6) is -0.338. The highest BCUT2D eigenvalue weighted by molar-refractivity contribution is 6.06. The molecule has 0 aliphatic carbocycles. The molecule has 0 spiro atoms. The lowest BCUT2D eigenvalue weighted by Gasteiger charge is -2.09. The first-order chi connectivity index (χ1) is 8.72. The second-order valence-corrected chi connectivity index (χ2v) is 3.55. The fourth-order valence-electron chi connectivity index (χ4n) is 1.51. The number of hydrogen-bond donors (Lipinski definition) is 2. The number of aromatic hydroxyl groups is 1. The summed E-state index contributed by atoms with van der Waals surface area (Å²) >= 11 is 0. The summed E-state index contributed by atoms with van der Waals surface area (Å²) in [7, 11) is 1.43. The molecule has 1 aromatic heterocycles. The molecule has 18 heavy (non-hydrogen) atoms. The zero-order valence-electron chi connectivity index (χ0n) is 9.75. The van der Waals surface area contributed by atoms with E-state index in [9.17, 15) is 9.90 Å². The summed E-state index contributed by atoms with van der Waals surface area (Å²) < 4.78 is 4.94. The first-order valence-electron chi connectivity index (χ1n) is 5.29.